The number of anilines is 1. The largest absolute Gasteiger partial charge is 0.494 e. The van der Waals surface area contributed by atoms with Crippen LogP contribution in [0.1, 0.15) is 36.8 Å². The number of rotatable bonds is 5. The maximum Gasteiger partial charge on any atom is 0.167 e. The molecule has 4 rings (SSSR count). The van der Waals surface area contributed by atoms with E-state index in [0.717, 1.165) is 11.6 Å². The minimum Gasteiger partial charge on any atom is -0.494 e. The van der Waals surface area contributed by atoms with Crippen molar-refractivity contribution in [2.24, 2.45) is 7.05 Å². The lowest BCUT2D eigenvalue weighted by molar-refractivity contribution is 0.387. The van der Waals surface area contributed by atoms with Crippen molar-refractivity contribution in [1.29, 1.82) is 0 Å². The smallest absolute Gasteiger partial charge is 0.167 e. The maximum absolute atomic E-state index is 13.8. The predicted molar refractivity (Wildman–Crippen MR) is 91.0 cm³/mol. The molecule has 8 heteroatoms. The molecule has 3 aromatic rings. The van der Waals surface area contributed by atoms with Crippen LogP contribution in [0.25, 0.3) is 10.9 Å². The average Bonchev–Trinajstić information content (AvgIpc) is 2.91. The third kappa shape index (κ3) is 2.77. The van der Waals surface area contributed by atoms with Crippen LogP contribution in [0.2, 0.25) is 0 Å². The molecule has 25 heavy (non-hydrogen) atoms. The number of ether oxygens (including phenoxy) is 1. The van der Waals surface area contributed by atoms with Gasteiger partial charge in [-0.05, 0) is 18.9 Å². The van der Waals surface area contributed by atoms with Gasteiger partial charge >= 0.3 is 0 Å². The van der Waals surface area contributed by atoms with Gasteiger partial charge in [-0.25, -0.2) is 14.4 Å². The number of hydrogen-bond acceptors (Lipinski definition) is 6. The summed E-state index contributed by atoms with van der Waals surface area (Å²) in [5, 5.41) is 12.6. The van der Waals surface area contributed by atoms with Crippen LogP contribution in [0, 0.1) is 5.82 Å². The van der Waals surface area contributed by atoms with Crippen LogP contribution in [0.3, 0.4) is 0 Å². The normalized spacial score (nSPS) is 14.5. The number of aromatic nitrogens is 5. The molecule has 1 aliphatic carbocycles. The summed E-state index contributed by atoms with van der Waals surface area (Å²) in [7, 11) is 3.42. The molecule has 0 saturated heterocycles. The van der Waals surface area contributed by atoms with E-state index in [4.69, 9.17) is 4.74 Å². The molecule has 0 spiro atoms. The van der Waals surface area contributed by atoms with E-state index in [0.29, 0.717) is 29.2 Å². The fourth-order valence-electron chi connectivity index (χ4n) is 3.07. The Morgan fingerprint density at radius 3 is 2.84 bits per heavy atom. The van der Waals surface area contributed by atoms with Crippen molar-refractivity contribution in [3.05, 3.63) is 35.9 Å². The molecule has 1 aliphatic rings. The molecule has 1 N–H and O–H groups in total. The highest BCUT2D eigenvalue weighted by atomic mass is 19.1. The van der Waals surface area contributed by atoms with Gasteiger partial charge in [-0.2, -0.15) is 0 Å². The molecule has 1 aromatic carbocycles. The van der Waals surface area contributed by atoms with Crippen molar-refractivity contribution in [2.45, 2.75) is 31.7 Å². The second-order valence-electron chi connectivity index (χ2n) is 6.24. The Labute approximate surface area is 144 Å². The van der Waals surface area contributed by atoms with E-state index >= 15 is 0 Å². The van der Waals surface area contributed by atoms with Gasteiger partial charge in [0.15, 0.2) is 17.4 Å². The van der Waals surface area contributed by atoms with Crippen molar-refractivity contribution < 1.29 is 9.13 Å². The van der Waals surface area contributed by atoms with Gasteiger partial charge in [0, 0.05) is 24.4 Å². The lowest BCUT2D eigenvalue weighted by atomic mass is 9.85. The fraction of sp³-hybridized carbons (Fsp3) is 0.412. The van der Waals surface area contributed by atoms with Crippen LogP contribution in [0.5, 0.6) is 5.75 Å². The molecule has 0 amide bonds. The van der Waals surface area contributed by atoms with Crippen molar-refractivity contribution >= 4 is 16.7 Å². The first-order chi connectivity index (χ1) is 12.2. The Morgan fingerprint density at radius 1 is 1.28 bits per heavy atom. The van der Waals surface area contributed by atoms with E-state index in [1.54, 1.807) is 6.07 Å². The van der Waals surface area contributed by atoms with Gasteiger partial charge < -0.3 is 14.6 Å². The Hall–Kier alpha value is -2.77. The molecule has 0 unspecified atom stereocenters. The quantitative estimate of drug-likeness (QED) is 0.768. The number of nitrogens with zero attached hydrogens (tertiary/aromatic N) is 5. The van der Waals surface area contributed by atoms with Gasteiger partial charge in [0.2, 0.25) is 0 Å². The molecular formula is C17H19FN6O. The first-order valence-corrected chi connectivity index (χ1v) is 8.27. The van der Waals surface area contributed by atoms with Crippen LogP contribution < -0.4 is 10.1 Å². The molecule has 0 aliphatic heterocycles. The SMILES string of the molecule is COc1cc2c(NCc3nnc(C4CCC4)n3C)ncnc2cc1F. The molecule has 0 bridgehead atoms. The van der Waals surface area contributed by atoms with Gasteiger partial charge in [-0.3, -0.25) is 0 Å². The highest BCUT2D eigenvalue weighted by molar-refractivity contribution is 5.90. The summed E-state index contributed by atoms with van der Waals surface area (Å²) >= 11 is 0. The maximum atomic E-state index is 13.8. The molecule has 2 heterocycles. The fourth-order valence-corrected chi connectivity index (χ4v) is 3.07. The van der Waals surface area contributed by atoms with Crippen LogP contribution in [0.15, 0.2) is 18.5 Å². The second kappa shape index (κ2) is 6.27. The third-order valence-electron chi connectivity index (χ3n) is 4.79. The van der Waals surface area contributed by atoms with Crippen molar-refractivity contribution in [3.63, 3.8) is 0 Å². The van der Waals surface area contributed by atoms with Gasteiger partial charge in [0.1, 0.15) is 18.0 Å². The van der Waals surface area contributed by atoms with Gasteiger partial charge in [0.05, 0.1) is 19.2 Å². The number of hydrogen-bond donors (Lipinski definition) is 1. The molecule has 1 fully saturated rings. The van der Waals surface area contributed by atoms with E-state index < -0.39 is 5.82 Å². The standard InChI is InChI=1S/C17H19FN6O/c1-24-15(22-23-17(24)10-4-3-5-10)8-19-16-11-6-14(25-2)12(18)7-13(11)20-9-21-16/h6-7,9-10H,3-5,8H2,1-2H3,(H,19,20,21). The second-order valence-corrected chi connectivity index (χ2v) is 6.24. The summed E-state index contributed by atoms with van der Waals surface area (Å²) < 4.78 is 20.9. The molecule has 130 valence electrons. The molecule has 0 radical (unpaired) electrons. The number of fused-ring (bicyclic) bond motifs is 1. The molecule has 7 nitrogen and oxygen atoms in total. The van der Waals surface area contributed by atoms with Crippen molar-refractivity contribution in [2.75, 3.05) is 12.4 Å². The molecule has 2 aromatic heterocycles. The van der Waals surface area contributed by atoms with E-state index in [1.807, 2.05) is 11.6 Å². The summed E-state index contributed by atoms with van der Waals surface area (Å²) in [4.78, 5) is 8.39. The third-order valence-corrected chi connectivity index (χ3v) is 4.79. The number of halogens is 1. The van der Waals surface area contributed by atoms with Crippen molar-refractivity contribution in [3.8, 4) is 5.75 Å². The van der Waals surface area contributed by atoms with Gasteiger partial charge in [0.25, 0.3) is 0 Å². The van der Waals surface area contributed by atoms with E-state index in [1.165, 1.54) is 38.8 Å². The highest BCUT2D eigenvalue weighted by Gasteiger charge is 2.25. The lowest BCUT2D eigenvalue weighted by Crippen LogP contribution is -2.15. The number of methoxy groups -OCH3 is 1. The van der Waals surface area contributed by atoms with E-state index in [2.05, 4.69) is 25.5 Å². The number of benzene rings is 1. The monoisotopic (exact) mass is 342 g/mol. The Bertz CT molecular complexity index is 921. The summed E-state index contributed by atoms with van der Waals surface area (Å²) in [6.07, 6.45) is 5.03. The zero-order valence-corrected chi connectivity index (χ0v) is 14.2. The summed E-state index contributed by atoms with van der Waals surface area (Å²) in [5.41, 5.74) is 0.518. The highest BCUT2D eigenvalue weighted by Crippen LogP contribution is 2.35. The zero-order chi connectivity index (χ0) is 17.4. The molecule has 0 atom stereocenters. The van der Waals surface area contributed by atoms with Gasteiger partial charge in [-0.1, -0.05) is 6.42 Å². The Morgan fingerprint density at radius 2 is 2.12 bits per heavy atom. The van der Waals surface area contributed by atoms with Crippen LogP contribution in [0.4, 0.5) is 10.2 Å². The minimum absolute atomic E-state index is 0.163. The molecule has 1 saturated carbocycles. The first kappa shape index (κ1) is 15.7. The zero-order valence-electron chi connectivity index (χ0n) is 14.2. The van der Waals surface area contributed by atoms with Crippen LogP contribution in [-0.4, -0.2) is 31.8 Å². The van der Waals surface area contributed by atoms with Gasteiger partial charge in [-0.15, -0.1) is 10.2 Å². The summed E-state index contributed by atoms with van der Waals surface area (Å²) in [6, 6.07) is 2.95. The first-order valence-electron chi connectivity index (χ1n) is 8.27. The summed E-state index contributed by atoms with van der Waals surface area (Å²) in [6.45, 7) is 0.474. The Balaban J connectivity index is 1.60. The van der Waals surface area contributed by atoms with Crippen LogP contribution in [-0.2, 0) is 13.6 Å². The van der Waals surface area contributed by atoms with E-state index in [-0.39, 0.29) is 5.75 Å². The van der Waals surface area contributed by atoms with Crippen molar-refractivity contribution in [1.82, 2.24) is 24.7 Å². The average molecular weight is 342 g/mol. The minimum atomic E-state index is -0.446. The van der Waals surface area contributed by atoms with Crippen LogP contribution >= 0.6 is 0 Å². The number of nitrogens with one attached hydrogen (secondary N) is 1. The van der Waals surface area contributed by atoms with E-state index in [9.17, 15) is 4.39 Å². The lowest BCUT2D eigenvalue weighted by Gasteiger charge is -2.24. The Kier molecular flexibility index (Phi) is 3.95. The summed E-state index contributed by atoms with van der Waals surface area (Å²) in [5.74, 6) is 2.73. The topological polar surface area (TPSA) is 77.8 Å². The predicted octanol–water partition coefficient (Wildman–Crippen LogP) is 2.79. The molecular weight excluding hydrogens is 323 g/mol.